The molecule has 0 aliphatic rings. The van der Waals surface area contributed by atoms with Crippen molar-refractivity contribution in [1.29, 1.82) is 0 Å². The first kappa shape index (κ1) is 15.1. The zero-order chi connectivity index (χ0) is 15.4. The van der Waals surface area contributed by atoms with E-state index in [1.807, 2.05) is 17.8 Å². The van der Waals surface area contributed by atoms with Gasteiger partial charge in [-0.1, -0.05) is 12.1 Å². The Morgan fingerprint density at radius 1 is 1.43 bits per heavy atom. The van der Waals surface area contributed by atoms with E-state index in [0.717, 1.165) is 11.4 Å². The summed E-state index contributed by atoms with van der Waals surface area (Å²) in [6.45, 7) is 0.422. The van der Waals surface area contributed by atoms with Crippen LogP contribution in [-0.2, 0) is 24.8 Å². The molecule has 3 N–H and O–H groups in total. The smallest absolute Gasteiger partial charge is 0.239 e. The van der Waals surface area contributed by atoms with Crippen LogP contribution in [0.4, 0.5) is 0 Å². The molecule has 21 heavy (non-hydrogen) atoms. The topological polar surface area (TPSA) is 84.4 Å². The molecule has 1 aromatic heterocycles. The predicted octanol–water partition coefficient (Wildman–Crippen LogP) is 0.654. The van der Waals surface area contributed by atoms with Gasteiger partial charge in [-0.3, -0.25) is 4.79 Å². The Morgan fingerprint density at radius 3 is 2.67 bits per heavy atom. The maximum absolute atomic E-state index is 12.3. The molecule has 0 unspecified atom stereocenters. The lowest BCUT2D eigenvalue weighted by Gasteiger charge is -2.21. The molecule has 6 heteroatoms. The van der Waals surface area contributed by atoms with Crippen molar-refractivity contribution in [2.24, 2.45) is 12.8 Å². The summed E-state index contributed by atoms with van der Waals surface area (Å²) in [4.78, 5) is 18.0. The van der Waals surface area contributed by atoms with E-state index >= 15 is 0 Å². The van der Waals surface area contributed by atoms with E-state index in [-0.39, 0.29) is 11.7 Å². The zero-order valence-electron chi connectivity index (χ0n) is 12.2. The minimum atomic E-state index is -0.611. The monoisotopic (exact) mass is 288 g/mol. The number of aromatic nitrogens is 2. The lowest BCUT2D eigenvalue weighted by atomic mass is 10.1. The van der Waals surface area contributed by atoms with Gasteiger partial charge in [0.25, 0.3) is 0 Å². The maximum Gasteiger partial charge on any atom is 0.239 e. The van der Waals surface area contributed by atoms with E-state index < -0.39 is 6.04 Å². The number of rotatable bonds is 5. The van der Waals surface area contributed by atoms with Crippen molar-refractivity contribution in [2.75, 3.05) is 7.05 Å². The van der Waals surface area contributed by atoms with Crippen molar-refractivity contribution in [2.45, 2.75) is 19.0 Å². The van der Waals surface area contributed by atoms with Crippen LogP contribution in [0.15, 0.2) is 36.7 Å². The van der Waals surface area contributed by atoms with Gasteiger partial charge in [-0.15, -0.1) is 0 Å². The third-order valence-electron chi connectivity index (χ3n) is 3.38. The highest BCUT2D eigenvalue weighted by atomic mass is 16.3. The number of hydrogen-bond acceptors (Lipinski definition) is 4. The summed E-state index contributed by atoms with van der Waals surface area (Å²) < 4.78 is 1.87. The van der Waals surface area contributed by atoms with Crippen molar-refractivity contribution >= 4 is 5.91 Å². The lowest BCUT2D eigenvalue weighted by molar-refractivity contribution is -0.131. The zero-order valence-corrected chi connectivity index (χ0v) is 12.2. The lowest BCUT2D eigenvalue weighted by Crippen LogP contribution is -2.43. The number of amides is 1. The number of phenols is 1. The SMILES string of the molecule is CN(Cc1nccn1C)C(=O)[C@H](N)Cc1ccc(O)cc1. The number of aromatic hydroxyl groups is 1. The second kappa shape index (κ2) is 6.41. The summed E-state index contributed by atoms with van der Waals surface area (Å²) in [6.07, 6.45) is 3.97. The fraction of sp³-hybridized carbons (Fsp3) is 0.333. The van der Waals surface area contributed by atoms with E-state index in [2.05, 4.69) is 4.98 Å². The number of hydrogen-bond donors (Lipinski definition) is 2. The number of nitrogens with zero attached hydrogens (tertiary/aromatic N) is 3. The first-order valence-corrected chi connectivity index (χ1v) is 6.72. The number of benzene rings is 1. The minimum Gasteiger partial charge on any atom is -0.508 e. The van der Waals surface area contributed by atoms with E-state index in [4.69, 9.17) is 5.73 Å². The molecule has 0 fully saturated rings. The van der Waals surface area contributed by atoms with Crippen molar-refractivity contribution in [1.82, 2.24) is 14.5 Å². The van der Waals surface area contributed by atoms with Gasteiger partial charge in [-0.05, 0) is 24.1 Å². The van der Waals surface area contributed by atoms with Gasteiger partial charge in [0.15, 0.2) is 0 Å². The Morgan fingerprint density at radius 2 is 2.10 bits per heavy atom. The Hall–Kier alpha value is -2.34. The average molecular weight is 288 g/mol. The molecular weight excluding hydrogens is 268 g/mol. The van der Waals surface area contributed by atoms with Gasteiger partial charge >= 0.3 is 0 Å². The Balaban J connectivity index is 1.95. The Labute approximate surface area is 123 Å². The third-order valence-corrected chi connectivity index (χ3v) is 3.38. The Bertz CT molecular complexity index is 606. The van der Waals surface area contributed by atoms with Crippen LogP contribution in [0, 0.1) is 0 Å². The number of carbonyl (C=O) groups is 1. The molecule has 0 bridgehead atoms. The summed E-state index contributed by atoms with van der Waals surface area (Å²) in [5, 5.41) is 9.24. The average Bonchev–Trinajstić information content (AvgIpc) is 2.86. The summed E-state index contributed by atoms with van der Waals surface area (Å²) in [7, 11) is 3.60. The molecular formula is C15H20N4O2. The highest BCUT2D eigenvalue weighted by Crippen LogP contribution is 2.11. The van der Waals surface area contributed by atoms with Crippen molar-refractivity contribution in [3.05, 3.63) is 48.0 Å². The van der Waals surface area contributed by atoms with Crippen LogP contribution in [-0.4, -0.2) is 38.6 Å². The quantitative estimate of drug-likeness (QED) is 0.846. The number of imidazole rings is 1. The number of nitrogens with two attached hydrogens (primary N) is 1. The molecule has 0 aliphatic carbocycles. The number of phenolic OH excluding ortho intramolecular Hbond substituents is 1. The molecule has 0 saturated carbocycles. The van der Waals surface area contributed by atoms with Crippen molar-refractivity contribution in [3.8, 4) is 5.75 Å². The standard InChI is InChI=1S/C15H20N4O2/c1-18-8-7-17-14(18)10-19(2)15(21)13(16)9-11-3-5-12(20)6-4-11/h3-8,13,20H,9-10,16H2,1-2H3/t13-/m1/s1. The first-order chi connectivity index (χ1) is 9.97. The van der Waals surface area contributed by atoms with E-state index in [1.54, 1.807) is 42.4 Å². The van der Waals surface area contributed by atoms with Crippen LogP contribution < -0.4 is 5.73 Å². The van der Waals surface area contributed by atoms with E-state index in [9.17, 15) is 9.90 Å². The third kappa shape index (κ3) is 3.82. The van der Waals surface area contributed by atoms with Gasteiger partial charge in [-0.2, -0.15) is 0 Å². The normalized spacial score (nSPS) is 12.1. The molecule has 1 amide bonds. The molecule has 112 valence electrons. The van der Waals surface area contributed by atoms with Crippen molar-refractivity contribution in [3.63, 3.8) is 0 Å². The molecule has 0 saturated heterocycles. The number of likely N-dealkylation sites (N-methyl/N-ethyl adjacent to an activating group) is 1. The summed E-state index contributed by atoms with van der Waals surface area (Å²) in [5.74, 6) is 0.874. The first-order valence-electron chi connectivity index (χ1n) is 6.72. The van der Waals surface area contributed by atoms with Crippen LogP contribution in [0.25, 0.3) is 0 Å². The predicted molar refractivity (Wildman–Crippen MR) is 79.5 cm³/mol. The summed E-state index contributed by atoms with van der Waals surface area (Å²) in [6, 6.07) is 6.09. The van der Waals surface area contributed by atoms with Gasteiger partial charge in [0.05, 0.1) is 12.6 Å². The fourth-order valence-corrected chi connectivity index (χ4v) is 2.10. The van der Waals surface area contributed by atoms with Crippen LogP contribution in [0.3, 0.4) is 0 Å². The van der Waals surface area contributed by atoms with Gasteiger partial charge in [-0.25, -0.2) is 4.98 Å². The van der Waals surface area contributed by atoms with Crippen LogP contribution in [0.1, 0.15) is 11.4 Å². The highest BCUT2D eigenvalue weighted by molar-refractivity contribution is 5.81. The summed E-state index contributed by atoms with van der Waals surface area (Å²) in [5.41, 5.74) is 6.89. The maximum atomic E-state index is 12.3. The minimum absolute atomic E-state index is 0.133. The fourth-order valence-electron chi connectivity index (χ4n) is 2.10. The second-order valence-electron chi connectivity index (χ2n) is 5.13. The molecule has 0 spiro atoms. The second-order valence-corrected chi connectivity index (χ2v) is 5.13. The van der Waals surface area contributed by atoms with Crippen LogP contribution in [0.2, 0.25) is 0 Å². The van der Waals surface area contributed by atoms with Gasteiger partial charge in [0, 0.05) is 26.5 Å². The molecule has 0 radical (unpaired) electrons. The van der Waals surface area contributed by atoms with Crippen molar-refractivity contribution < 1.29 is 9.90 Å². The van der Waals surface area contributed by atoms with Gasteiger partial charge in [0.2, 0.25) is 5.91 Å². The van der Waals surface area contributed by atoms with E-state index in [0.29, 0.717) is 13.0 Å². The van der Waals surface area contributed by atoms with Gasteiger partial charge in [0.1, 0.15) is 11.6 Å². The van der Waals surface area contributed by atoms with Gasteiger partial charge < -0.3 is 20.3 Å². The largest absolute Gasteiger partial charge is 0.508 e. The van der Waals surface area contributed by atoms with E-state index in [1.165, 1.54) is 0 Å². The summed E-state index contributed by atoms with van der Waals surface area (Å²) >= 11 is 0. The molecule has 1 heterocycles. The molecule has 2 aromatic rings. The molecule has 2 rings (SSSR count). The molecule has 6 nitrogen and oxygen atoms in total. The highest BCUT2D eigenvalue weighted by Gasteiger charge is 2.19. The molecule has 1 aromatic carbocycles. The van der Waals surface area contributed by atoms with Crippen LogP contribution >= 0.6 is 0 Å². The Kier molecular flexibility index (Phi) is 4.59. The molecule has 1 atom stereocenters. The van der Waals surface area contributed by atoms with Crippen LogP contribution in [0.5, 0.6) is 5.75 Å². The number of carbonyl (C=O) groups excluding carboxylic acids is 1. The molecule has 0 aliphatic heterocycles. The number of aryl methyl sites for hydroxylation is 1.